The summed E-state index contributed by atoms with van der Waals surface area (Å²) in [5, 5.41) is 9.73. The molecule has 0 saturated carbocycles. The third kappa shape index (κ3) is 2.75. The van der Waals surface area contributed by atoms with Gasteiger partial charge in [-0.1, -0.05) is 6.07 Å². The van der Waals surface area contributed by atoms with Gasteiger partial charge in [-0.2, -0.15) is 5.26 Å². The second-order valence-corrected chi connectivity index (χ2v) is 7.11. The highest BCUT2D eigenvalue weighted by Gasteiger charge is 2.18. The zero-order chi connectivity index (χ0) is 18.3. The molecule has 126 valence electrons. The Kier molecular flexibility index (Phi) is 4.18. The van der Waals surface area contributed by atoms with E-state index in [2.05, 4.69) is 47.9 Å². The van der Waals surface area contributed by atoms with Crippen molar-refractivity contribution in [3.8, 4) is 23.5 Å². The zero-order valence-corrected chi connectivity index (χ0v) is 16.2. The van der Waals surface area contributed by atoms with Gasteiger partial charge in [-0.05, 0) is 62.2 Å². The highest BCUT2D eigenvalue weighted by Crippen LogP contribution is 2.29. The molecule has 0 saturated heterocycles. The summed E-state index contributed by atoms with van der Waals surface area (Å²) < 4.78 is 8.48. The van der Waals surface area contributed by atoms with Crippen molar-refractivity contribution < 1.29 is 4.42 Å². The van der Waals surface area contributed by atoms with E-state index in [1.165, 1.54) is 0 Å². The molecule has 0 radical (unpaired) electrons. The molecule has 0 bridgehead atoms. The molecule has 0 fully saturated rings. The van der Waals surface area contributed by atoms with E-state index < -0.39 is 5.63 Å². The van der Waals surface area contributed by atoms with Crippen molar-refractivity contribution in [1.82, 2.24) is 14.5 Å². The predicted molar refractivity (Wildman–Crippen MR) is 103 cm³/mol. The van der Waals surface area contributed by atoms with Gasteiger partial charge in [0.25, 0.3) is 0 Å². The topological polar surface area (TPSA) is 84.7 Å². The van der Waals surface area contributed by atoms with Crippen LogP contribution in [0.15, 0.2) is 66.9 Å². The van der Waals surface area contributed by atoms with Gasteiger partial charge in [0.05, 0.1) is 11.1 Å². The molecule has 3 heterocycles. The van der Waals surface area contributed by atoms with Gasteiger partial charge in [-0.25, -0.2) is 14.8 Å². The minimum atomic E-state index is -0.497. The van der Waals surface area contributed by atoms with Gasteiger partial charge >= 0.3 is 5.63 Å². The zero-order valence-electron chi connectivity index (χ0n) is 13.0. The number of hydrogen-bond donors (Lipinski definition) is 0. The minimum Gasteiger partial charge on any atom is -0.401 e. The fraction of sp³-hybridized carbons (Fsp3) is 0. The van der Waals surface area contributed by atoms with Crippen molar-refractivity contribution in [2.75, 3.05) is 0 Å². The molecular formula is C18H8Br2N4O2. The number of hydrogen-bond acceptors (Lipinski definition) is 5. The number of nitriles is 1. The average molecular weight is 472 g/mol. The molecule has 4 rings (SSSR count). The number of fused-ring (bicyclic) bond motifs is 1. The predicted octanol–water partition coefficient (Wildman–Crippen LogP) is 4.44. The molecule has 0 spiro atoms. The Labute approximate surface area is 164 Å². The van der Waals surface area contributed by atoms with Crippen LogP contribution in [0, 0.1) is 11.3 Å². The molecule has 8 heteroatoms. The molecule has 0 unspecified atom stereocenters. The summed E-state index contributed by atoms with van der Waals surface area (Å²) in [5.41, 5.74) is 0.910. The standard InChI is InChI=1S/C18H8Br2N4O2/c19-11-7-14(24(9-11)16-10(8-21)3-2-6-22-16)17-23-13-5-1-4-12(20)15(13)18(25)26-17/h1-7,9H. The first-order chi connectivity index (χ1) is 12.6. The lowest BCUT2D eigenvalue weighted by atomic mass is 10.2. The molecule has 4 aromatic rings. The van der Waals surface area contributed by atoms with Crippen LogP contribution < -0.4 is 5.63 Å². The van der Waals surface area contributed by atoms with Crippen molar-refractivity contribution in [3.63, 3.8) is 0 Å². The van der Waals surface area contributed by atoms with Gasteiger partial charge < -0.3 is 4.42 Å². The van der Waals surface area contributed by atoms with Crippen molar-refractivity contribution in [2.45, 2.75) is 0 Å². The summed E-state index contributed by atoms with van der Waals surface area (Å²) in [7, 11) is 0. The lowest BCUT2D eigenvalue weighted by molar-refractivity contribution is 0.514. The lowest BCUT2D eigenvalue weighted by Gasteiger charge is -2.09. The summed E-state index contributed by atoms with van der Waals surface area (Å²) in [6, 6.07) is 12.5. The number of rotatable bonds is 2. The summed E-state index contributed by atoms with van der Waals surface area (Å²) in [5.74, 6) is 0.565. The number of aromatic nitrogens is 3. The van der Waals surface area contributed by atoms with Gasteiger partial charge in [0.2, 0.25) is 5.89 Å². The maximum absolute atomic E-state index is 12.4. The highest BCUT2D eigenvalue weighted by atomic mass is 79.9. The Bertz CT molecular complexity index is 1250. The van der Waals surface area contributed by atoms with Crippen LogP contribution in [0.5, 0.6) is 0 Å². The molecule has 3 aromatic heterocycles. The van der Waals surface area contributed by atoms with E-state index in [0.29, 0.717) is 32.5 Å². The summed E-state index contributed by atoms with van der Waals surface area (Å²) >= 11 is 6.76. The molecule has 0 amide bonds. The first-order valence-corrected chi connectivity index (χ1v) is 9.00. The maximum atomic E-state index is 12.4. The van der Waals surface area contributed by atoms with Crippen LogP contribution >= 0.6 is 31.9 Å². The minimum absolute atomic E-state index is 0.140. The highest BCUT2D eigenvalue weighted by molar-refractivity contribution is 9.11. The van der Waals surface area contributed by atoms with Crippen molar-refractivity contribution in [1.29, 1.82) is 5.26 Å². The van der Waals surface area contributed by atoms with Gasteiger partial charge in [-0.3, -0.25) is 4.57 Å². The Hall–Kier alpha value is -2.76. The van der Waals surface area contributed by atoms with Crippen LogP contribution in [0.1, 0.15) is 5.56 Å². The average Bonchev–Trinajstić information content (AvgIpc) is 3.03. The van der Waals surface area contributed by atoms with Gasteiger partial charge in [-0.15, -0.1) is 0 Å². The quantitative estimate of drug-likeness (QED) is 0.431. The fourth-order valence-corrected chi connectivity index (χ4v) is 3.57. The normalized spacial score (nSPS) is 10.8. The van der Waals surface area contributed by atoms with E-state index in [-0.39, 0.29) is 5.89 Å². The van der Waals surface area contributed by atoms with Gasteiger partial charge in [0.15, 0.2) is 5.82 Å². The fourth-order valence-electron chi connectivity index (χ4n) is 2.64. The number of benzene rings is 1. The first-order valence-electron chi connectivity index (χ1n) is 7.41. The molecule has 0 N–H and O–H groups in total. The molecule has 26 heavy (non-hydrogen) atoms. The number of halogens is 2. The Morgan fingerprint density at radius 3 is 2.85 bits per heavy atom. The Balaban J connectivity index is 2.00. The Morgan fingerprint density at radius 2 is 2.04 bits per heavy atom. The first kappa shape index (κ1) is 16.7. The van der Waals surface area contributed by atoms with Crippen LogP contribution in [0.2, 0.25) is 0 Å². The van der Waals surface area contributed by atoms with Crippen LogP contribution in [-0.4, -0.2) is 14.5 Å². The van der Waals surface area contributed by atoms with Crippen molar-refractivity contribution >= 4 is 42.8 Å². The summed E-state index contributed by atoms with van der Waals surface area (Å²) in [4.78, 5) is 21.2. The van der Waals surface area contributed by atoms with E-state index in [1.807, 2.05) is 0 Å². The van der Waals surface area contributed by atoms with Crippen LogP contribution in [0.4, 0.5) is 0 Å². The Morgan fingerprint density at radius 1 is 1.19 bits per heavy atom. The maximum Gasteiger partial charge on any atom is 0.348 e. The van der Waals surface area contributed by atoms with Gasteiger partial charge in [0, 0.05) is 21.3 Å². The number of nitrogens with zero attached hydrogens (tertiary/aromatic N) is 4. The SMILES string of the molecule is N#Cc1cccnc1-n1cc(Br)cc1-c1nc2cccc(Br)c2c(=O)o1. The molecule has 6 nitrogen and oxygen atoms in total. The van der Waals surface area contributed by atoms with Gasteiger partial charge in [0.1, 0.15) is 17.1 Å². The second-order valence-electron chi connectivity index (χ2n) is 5.34. The van der Waals surface area contributed by atoms with Crippen molar-refractivity contribution in [3.05, 3.63) is 73.7 Å². The van der Waals surface area contributed by atoms with E-state index in [1.54, 1.807) is 53.4 Å². The molecular weight excluding hydrogens is 464 g/mol. The number of pyridine rings is 1. The van der Waals surface area contributed by atoms with Crippen LogP contribution in [0.25, 0.3) is 28.3 Å². The van der Waals surface area contributed by atoms with E-state index in [4.69, 9.17) is 4.42 Å². The second kappa shape index (κ2) is 6.52. The van der Waals surface area contributed by atoms with Crippen LogP contribution in [-0.2, 0) is 0 Å². The third-order valence-corrected chi connectivity index (χ3v) is 4.84. The van der Waals surface area contributed by atoms with Crippen LogP contribution in [0.3, 0.4) is 0 Å². The smallest absolute Gasteiger partial charge is 0.348 e. The lowest BCUT2D eigenvalue weighted by Crippen LogP contribution is -2.07. The van der Waals surface area contributed by atoms with E-state index in [9.17, 15) is 10.1 Å². The molecule has 1 aromatic carbocycles. The summed E-state index contributed by atoms with van der Waals surface area (Å²) in [6.07, 6.45) is 3.33. The molecule has 0 aliphatic carbocycles. The monoisotopic (exact) mass is 470 g/mol. The molecule has 0 aliphatic rings. The summed E-state index contributed by atoms with van der Waals surface area (Å²) in [6.45, 7) is 0. The largest absolute Gasteiger partial charge is 0.401 e. The third-order valence-electron chi connectivity index (χ3n) is 3.75. The van der Waals surface area contributed by atoms with Crippen molar-refractivity contribution in [2.24, 2.45) is 0 Å². The van der Waals surface area contributed by atoms with E-state index >= 15 is 0 Å². The molecule has 0 atom stereocenters. The molecule has 0 aliphatic heterocycles. The van der Waals surface area contributed by atoms with E-state index in [0.717, 1.165) is 4.47 Å².